The Hall–Kier alpha value is -0.830. The minimum atomic E-state index is -0.577. The monoisotopic (exact) mass is 321 g/mol. The molecule has 23 heavy (non-hydrogen) atoms. The summed E-state index contributed by atoms with van der Waals surface area (Å²) in [6.45, 7) is 8.31. The number of esters is 1. The van der Waals surface area contributed by atoms with Crippen LogP contribution in [0.1, 0.15) is 79.1 Å². The first-order valence-electron chi connectivity index (χ1n) is 9.45. The van der Waals surface area contributed by atoms with Crippen molar-refractivity contribution in [2.24, 2.45) is 11.8 Å². The minimum Gasteiger partial charge on any atom is -0.458 e. The van der Waals surface area contributed by atoms with E-state index in [9.17, 15) is 4.79 Å². The highest BCUT2D eigenvalue weighted by atomic mass is 16.6. The number of hydrogen-bond donors (Lipinski definition) is 1. The second-order valence-electron chi connectivity index (χ2n) is 8.14. The third-order valence-corrected chi connectivity index (χ3v) is 6.08. The molecule has 0 saturated heterocycles. The molecule has 0 aromatic carbocycles. The summed E-state index contributed by atoms with van der Waals surface area (Å²) in [5.41, 5.74) is 0.651. The number of ether oxygens (including phenoxy) is 1. The summed E-state index contributed by atoms with van der Waals surface area (Å²) in [4.78, 5) is 12.8. The van der Waals surface area contributed by atoms with Crippen molar-refractivity contribution in [3.05, 3.63) is 11.6 Å². The van der Waals surface area contributed by atoms with Gasteiger partial charge < -0.3 is 10.1 Å². The quantitative estimate of drug-likeness (QED) is 0.573. The molecule has 3 atom stereocenters. The average molecular weight is 322 g/mol. The van der Waals surface area contributed by atoms with Crippen molar-refractivity contribution < 1.29 is 9.53 Å². The van der Waals surface area contributed by atoms with E-state index in [1.165, 1.54) is 25.7 Å². The molecule has 0 spiro atoms. The van der Waals surface area contributed by atoms with E-state index in [1.807, 2.05) is 14.0 Å². The highest BCUT2D eigenvalue weighted by Gasteiger charge is 2.44. The van der Waals surface area contributed by atoms with Crippen LogP contribution in [0.15, 0.2) is 11.6 Å². The molecule has 0 heterocycles. The van der Waals surface area contributed by atoms with Crippen molar-refractivity contribution in [1.82, 2.24) is 5.32 Å². The number of fused-ring (bicyclic) bond motifs is 1. The fraction of sp³-hybridized carbons (Fsp3) is 0.850. The molecule has 2 rings (SSSR count). The van der Waals surface area contributed by atoms with Crippen molar-refractivity contribution in [2.45, 2.75) is 90.2 Å². The first-order valence-corrected chi connectivity index (χ1v) is 9.45. The molecule has 2 aliphatic rings. The molecular weight excluding hydrogens is 286 g/mol. The van der Waals surface area contributed by atoms with Gasteiger partial charge in [0.05, 0.1) is 0 Å². The Kier molecular flexibility index (Phi) is 5.94. The van der Waals surface area contributed by atoms with Gasteiger partial charge in [0, 0.05) is 5.92 Å². The van der Waals surface area contributed by atoms with Crippen LogP contribution in [-0.2, 0) is 9.53 Å². The van der Waals surface area contributed by atoms with E-state index in [1.54, 1.807) is 5.57 Å². The first kappa shape index (κ1) is 18.5. The van der Waals surface area contributed by atoms with Crippen LogP contribution < -0.4 is 5.32 Å². The standard InChI is InChI=1S/C20H35NO2/c1-6-14-20(4,21-5)18(22)23-19(2,3)17-13-9-11-15-10-7-8-12-16(15)17/h11,16-17,21H,6-10,12-14H2,1-5H3. The van der Waals surface area contributed by atoms with Gasteiger partial charge in [-0.05, 0) is 72.3 Å². The topological polar surface area (TPSA) is 38.3 Å². The zero-order chi connectivity index (χ0) is 17.1. The average Bonchev–Trinajstić information content (AvgIpc) is 2.54. The Balaban J connectivity index is 2.11. The van der Waals surface area contributed by atoms with E-state index in [0.29, 0.717) is 11.8 Å². The zero-order valence-electron chi connectivity index (χ0n) is 15.7. The largest absolute Gasteiger partial charge is 0.458 e. The summed E-state index contributed by atoms with van der Waals surface area (Å²) in [6.07, 6.45) is 11.6. The van der Waals surface area contributed by atoms with Crippen molar-refractivity contribution in [3.63, 3.8) is 0 Å². The fourth-order valence-electron chi connectivity index (χ4n) is 4.52. The Morgan fingerprint density at radius 2 is 2.04 bits per heavy atom. The van der Waals surface area contributed by atoms with Gasteiger partial charge in [-0.2, -0.15) is 0 Å². The molecule has 1 saturated carbocycles. The van der Waals surface area contributed by atoms with Crippen LogP contribution in [-0.4, -0.2) is 24.2 Å². The Bertz CT molecular complexity index is 455. The zero-order valence-corrected chi connectivity index (χ0v) is 15.7. The van der Waals surface area contributed by atoms with Gasteiger partial charge >= 0.3 is 5.97 Å². The molecule has 0 bridgehead atoms. The molecule has 0 aromatic rings. The molecule has 3 heteroatoms. The molecule has 132 valence electrons. The van der Waals surface area contributed by atoms with Crippen LogP contribution in [0.25, 0.3) is 0 Å². The molecule has 0 aromatic heterocycles. The van der Waals surface area contributed by atoms with Gasteiger partial charge in [-0.25, -0.2) is 0 Å². The van der Waals surface area contributed by atoms with Gasteiger partial charge in [0.2, 0.25) is 0 Å². The number of carbonyl (C=O) groups is 1. The lowest BCUT2D eigenvalue weighted by Crippen LogP contribution is -2.53. The van der Waals surface area contributed by atoms with Crippen molar-refractivity contribution in [1.29, 1.82) is 0 Å². The van der Waals surface area contributed by atoms with Crippen LogP contribution in [0.5, 0.6) is 0 Å². The smallest absolute Gasteiger partial charge is 0.326 e. The molecule has 2 aliphatic carbocycles. The maximum Gasteiger partial charge on any atom is 0.326 e. The summed E-state index contributed by atoms with van der Waals surface area (Å²) >= 11 is 0. The highest BCUT2D eigenvalue weighted by molar-refractivity contribution is 5.80. The number of nitrogens with one attached hydrogen (secondary N) is 1. The lowest BCUT2D eigenvalue weighted by Gasteiger charge is -2.45. The second kappa shape index (κ2) is 7.38. The number of allylic oxidation sites excluding steroid dienone is 2. The third-order valence-electron chi connectivity index (χ3n) is 6.08. The van der Waals surface area contributed by atoms with E-state index < -0.39 is 11.1 Å². The Labute approximate surface area is 142 Å². The van der Waals surface area contributed by atoms with E-state index in [2.05, 4.69) is 32.2 Å². The first-order chi connectivity index (χ1) is 10.8. The van der Waals surface area contributed by atoms with E-state index >= 15 is 0 Å². The predicted octanol–water partition coefficient (Wildman–Crippen LogP) is 4.61. The van der Waals surface area contributed by atoms with Gasteiger partial charge in [0.15, 0.2) is 0 Å². The number of likely N-dealkylation sites (N-methyl/N-ethyl adjacent to an activating group) is 1. The predicted molar refractivity (Wildman–Crippen MR) is 95.3 cm³/mol. The normalized spacial score (nSPS) is 27.6. The van der Waals surface area contributed by atoms with Gasteiger partial charge in [0.25, 0.3) is 0 Å². The molecule has 0 aliphatic heterocycles. The van der Waals surface area contributed by atoms with Crippen molar-refractivity contribution >= 4 is 5.97 Å². The lowest BCUT2D eigenvalue weighted by atomic mass is 9.66. The van der Waals surface area contributed by atoms with Crippen molar-refractivity contribution in [2.75, 3.05) is 7.05 Å². The SMILES string of the molecule is CCCC(C)(NC)C(=O)OC(C)(C)C1CCC=C2CCCCC21. The van der Waals surface area contributed by atoms with E-state index in [0.717, 1.165) is 25.7 Å². The summed E-state index contributed by atoms with van der Waals surface area (Å²) in [5.74, 6) is 0.973. The summed E-state index contributed by atoms with van der Waals surface area (Å²) in [7, 11) is 1.85. The summed E-state index contributed by atoms with van der Waals surface area (Å²) < 4.78 is 6.11. The summed E-state index contributed by atoms with van der Waals surface area (Å²) in [6, 6.07) is 0. The molecule has 0 amide bonds. The molecule has 1 fully saturated rings. The van der Waals surface area contributed by atoms with Crippen LogP contribution in [0.3, 0.4) is 0 Å². The van der Waals surface area contributed by atoms with E-state index in [4.69, 9.17) is 4.74 Å². The van der Waals surface area contributed by atoms with Crippen LogP contribution in [0.2, 0.25) is 0 Å². The molecule has 0 radical (unpaired) electrons. The molecule has 1 N–H and O–H groups in total. The maximum absolute atomic E-state index is 12.8. The van der Waals surface area contributed by atoms with Gasteiger partial charge in [-0.1, -0.05) is 31.4 Å². The highest BCUT2D eigenvalue weighted by Crippen LogP contribution is 2.46. The Morgan fingerprint density at radius 3 is 2.70 bits per heavy atom. The number of rotatable bonds is 6. The van der Waals surface area contributed by atoms with Crippen LogP contribution in [0, 0.1) is 11.8 Å². The molecular formula is C20H35NO2. The summed E-state index contributed by atoms with van der Waals surface area (Å²) in [5, 5.41) is 3.18. The lowest BCUT2D eigenvalue weighted by molar-refractivity contribution is -0.172. The molecule has 3 nitrogen and oxygen atoms in total. The van der Waals surface area contributed by atoms with Gasteiger partial charge in [-0.15, -0.1) is 0 Å². The second-order valence-corrected chi connectivity index (χ2v) is 8.14. The van der Waals surface area contributed by atoms with Crippen LogP contribution >= 0.6 is 0 Å². The maximum atomic E-state index is 12.8. The fourth-order valence-corrected chi connectivity index (χ4v) is 4.52. The third kappa shape index (κ3) is 3.99. The molecule has 3 unspecified atom stereocenters. The Morgan fingerprint density at radius 1 is 1.30 bits per heavy atom. The van der Waals surface area contributed by atoms with Gasteiger partial charge in [-0.3, -0.25) is 4.79 Å². The minimum absolute atomic E-state index is 0.0984. The number of carbonyl (C=O) groups excluding carboxylic acids is 1. The van der Waals surface area contributed by atoms with Crippen LogP contribution in [0.4, 0.5) is 0 Å². The van der Waals surface area contributed by atoms with Crippen molar-refractivity contribution in [3.8, 4) is 0 Å². The number of hydrogen-bond acceptors (Lipinski definition) is 3. The van der Waals surface area contributed by atoms with E-state index in [-0.39, 0.29) is 5.97 Å². The van der Waals surface area contributed by atoms with Gasteiger partial charge in [0.1, 0.15) is 11.1 Å².